The van der Waals surface area contributed by atoms with Crippen LogP contribution in [-0.2, 0) is 9.59 Å². The molecule has 0 aromatic heterocycles. The zero-order valence-corrected chi connectivity index (χ0v) is 16.7. The van der Waals surface area contributed by atoms with Crippen LogP contribution in [-0.4, -0.2) is 17.7 Å². The van der Waals surface area contributed by atoms with Crippen molar-refractivity contribution >= 4 is 33.7 Å². The Morgan fingerprint density at radius 3 is 1.75 bits per heavy atom. The molecule has 1 aromatic rings. The summed E-state index contributed by atoms with van der Waals surface area (Å²) in [4.78, 5) is 36.1. The lowest BCUT2D eigenvalue weighted by Gasteiger charge is -2.21. The number of carbonyl (C=O) groups is 3. The molecule has 0 aliphatic rings. The molecular formula is C18H23BrO5. The normalized spacial score (nSPS) is 11.8. The summed E-state index contributed by atoms with van der Waals surface area (Å²) in [5.74, 6) is -1.07. The van der Waals surface area contributed by atoms with E-state index in [2.05, 4.69) is 15.9 Å². The SMILES string of the molecule is CC(=O)c1ccc(OC(=O)C(C)(C)C)c(OC(=O)C(C)(C)C)c1Br. The van der Waals surface area contributed by atoms with Crippen LogP contribution in [0.1, 0.15) is 58.8 Å². The van der Waals surface area contributed by atoms with Gasteiger partial charge in [-0.2, -0.15) is 0 Å². The number of hydrogen-bond acceptors (Lipinski definition) is 5. The van der Waals surface area contributed by atoms with E-state index >= 15 is 0 Å². The van der Waals surface area contributed by atoms with Gasteiger partial charge < -0.3 is 9.47 Å². The molecule has 0 amide bonds. The lowest BCUT2D eigenvalue weighted by atomic mass is 9.97. The zero-order valence-electron chi connectivity index (χ0n) is 15.1. The van der Waals surface area contributed by atoms with E-state index in [1.807, 2.05) is 0 Å². The number of rotatable bonds is 3. The maximum absolute atomic E-state index is 12.2. The van der Waals surface area contributed by atoms with Crippen LogP contribution in [0.3, 0.4) is 0 Å². The Balaban J connectivity index is 3.38. The summed E-state index contributed by atoms with van der Waals surface area (Å²) in [5, 5.41) is 0. The van der Waals surface area contributed by atoms with Crippen molar-refractivity contribution in [2.24, 2.45) is 10.8 Å². The van der Waals surface area contributed by atoms with E-state index in [4.69, 9.17) is 9.47 Å². The van der Waals surface area contributed by atoms with Crippen molar-refractivity contribution in [3.63, 3.8) is 0 Å². The van der Waals surface area contributed by atoms with Crippen LogP contribution < -0.4 is 9.47 Å². The molecule has 0 N–H and O–H groups in total. The third-order valence-corrected chi connectivity index (χ3v) is 3.85. The number of ether oxygens (including phenoxy) is 2. The third kappa shape index (κ3) is 4.90. The van der Waals surface area contributed by atoms with E-state index in [1.165, 1.54) is 19.1 Å². The van der Waals surface area contributed by atoms with Gasteiger partial charge in [0.1, 0.15) is 0 Å². The van der Waals surface area contributed by atoms with E-state index < -0.39 is 22.8 Å². The highest BCUT2D eigenvalue weighted by Crippen LogP contribution is 2.40. The average Bonchev–Trinajstić information content (AvgIpc) is 2.39. The summed E-state index contributed by atoms with van der Waals surface area (Å²) in [6.07, 6.45) is 0. The van der Waals surface area contributed by atoms with Gasteiger partial charge in [-0.25, -0.2) is 0 Å². The molecule has 0 saturated heterocycles. The molecular weight excluding hydrogens is 376 g/mol. The highest BCUT2D eigenvalue weighted by Gasteiger charge is 2.30. The van der Waals surface area contributed by atoms with E-state index in [0.717, 1.165) is 0 Å². The number of Topliss-reactive ketones (excluding diaryl/α,β-unsaturated/α-hetero) is 1. The molecule has 5 nitrogen and oxygen atoms in total. The molecule has 24 heavy (non-hydrogen) atoms. The molecule has 0 spiro atoms. The van der Waals surface area contributed by atoms with E-state index in [9.17, 15) is 14.4 Å². The molecule has 0 radical (unpaired) electrons. The lowest BCUT2D eigenvalue weighted by molar-refractivity contribution is -0.145. The van der Waals surface area contributed by atoms with Gasteiger partial charge >= 0.3 is 11.9 Å². The Morgan fingerprint density at radius 2 is 1.33 bits per heavy atom. The van der Waals surface area contributed by atoms with Gasteiger partial charge in [-0.05, 0) is 76.5 Å². The van der Waals surface area contributed by atoms with E-state index in [0.29, 0.717) is 5.56 Å². The number of benzene rings is 1. The quantitative estimate of drug-likeness (QED) is 0.424. The Bertz CT molecular complexity index is 678. The lowest BCUT2D eigenvalue weighted by Crippen LogP contribution is -2.28. The summed E-state index contributed by atoms with van der Waals surface area (Å²) in [5.41, 5.74) is -1.14. The van der Waals surface area contributed by atoms with Crippen LogP contribution in [0.15, 0.2) is 16.6 Å². The summed E-state index contributed by atoms with van der Waals surface area (Å²) in [6, 6.07) is 2.97. The predicted molar refractivity (Wildman–Crippen MR) is 94.3 cm³/mol. The number of esters is 2. The largest absolute Gasteiger partial charge is 0.422 e. The second-order valence-corrected chi connectivity index (χ2v) is 8.38. The number of halogens is 1. The molecule has 0 fully saturated rings. The van der Waals surface area contributed by atoms with Crippen LogP contribution in [0.2, 0.25) is 0 Å². The summed E-state index contributed by atoms with van der Waals surface area (Å²) in [6.45, 7) is 11.7. The smallest absolute Gasteiger partial charge is 0.316 e. The van der Waals surface area contributed by atoms with Gasteiger partial charge in [-0.15, -0.1) is 0 Å². The van der Waals surface area contributed by atoms with Crippen LogP contribution in [0.5, 0.6) is 11.5 Å². The molecule has 0 saturated carbocycles. The Kier molecular flexibility index (Phi) is 5.98. The third-order valence-electron chi connectivity index (χ3n) is 3.06. The first-order valence-electron chi connectivity index (χ1n) is 7.53. The fourth-order valence-corrected chi connectivity index (χ4v) is 2.17. The maximum atomic E-state index is 12.2. The van der Waals surface area contributed by atoms with Crippen molar-refractivity contribution < 1.29 is 23.9 Å². The zero-order chi connectivity index (χ0) is 18.9. The van der Waals surface area contributed by atoms with E-state index in [1.54, 1.807) is 41.5 Å². The number of ketones is 1. The van der Waals surface area contributed by atoms with Gasteiger partial charge in [-0.1, -0.05) is 0 Å². The molecule has 0 aliphatic carbocycles. The van der Waals surface area contributed by atoms with Gasteiger partial charge in [0, 0.05) is 5.56 Å². The van der Waals surface area contributed by atoms with Crippen molar-refractivity contribution in [1.82, 2.24) is 0 Å². The molecule has 0 aliphatic heterocycles. The fourth-order valence-electron chi connectivity index (χ4n) is 1.48. The molecule has 132 valence electrons. The maximum Gasteiger partial charge on any atom is 0.316 e. The van der Waals surface area contributed by atoms with Crippen LogP contribution in [0, 0.1) is 10.8 Å². The average molecular weight is 399 g/mol. The van der Waals surface area contributed by atoms with Gasteiger partial charge in [0.2, 0.25) is 0 Å². The molecule has 6 heteroatoms. The topological polar surface area (TPSA) is 69.7 Å². The van der Waals surface area contributed by atoms with Crippen LogP contribution in [0.25, 0.3) is 0 Å². The standard InChI is InChI=1S/C18H23BrO5/c1-10(20)11-8-9-12(23-15(21)17(2,3)4)14(13(11)19)24-16(22)18(5,6)7/h8-9H,1-7H3. The molecule has 0 unspecified atom stereocenters. The van der Waals surface area contributed by atoms with Crippen molar-refractivity contribution in [2.75, 3.05) is 0 Å². The Morgan fingerprint density at radius 1 is 0.875 bits per heavy atom. The molecule has 0 bridgehead atoms. The van der Waals surface area contributed by atoms with Gasteiger partial charge in [0.25, 0.3) is 0 Å². The van der Waals surface area contributed by atoms with Gasteiger partial charge in [-0.3, -0.25) is 14.4 Å². The van der Waals surface area contributed by atoms with Crippen molar-refractivity contribution in [3.05, 3.63) is 22.2 Å². The Labute approximate surface area is 150 Å². The van der Waals surface area contributed by atoms with E-state index in [-0.39, 0.29) is 21.8 Å². The van der Waals surface area contributed by atoms with Crippen molar-refractivity contribution in [2.45, 2.75) is 48.5 Å². The summed E-state index contributed by atoms with van der Waals surface area (Å²) >= 11 is 3.28. The first-order chi connectivity index (χ1) is 10.7. The minimum atomic E-state index is -0.753. The van der Waals surface area contributed by atoms with Gasteiger partial charge in [0.05, 0.1) is 15.3 Å². The first-order valence-corrected chi connectivity index (χ1v) is 8.32. The Hall–Kier alpha value is -1.69. The summed E-state index contributed by atoms with van der Waals surface area (Å²) < 4.78 is 11.1. The van der Waals surface area contributed by atoms with Crippen LogP contribution in [0.4, 0.5) is 0 Å². The highest BCUT2D eigenvalue weighted by atomic mass is 79.9. The second kappa shape index (κ2) is 7.05. The first kappa shape index (κ1) is 20.4. The monoisotopic (exact) mass is 398 g/mol. The number of hydrogen-bond donors (Lipinski definition) is 0. The van der Waals surface area contributed by atoms with Crippen LogP contribution >= 0.6 is 15.9 Å². The molecule has 0 heterocycles. The minimum Gasteiger partial charge on any atom is -0.422 e. The van der Waals surface area contributed by atoms with Gasteiger partial charge in [0.15, 0.2) is 17.3 Å². The molecule has 1 rings (SSSR count). The van der Waals surface area contributed by atoms with Crippen molar-refractivity contribution in [1.29, 1.82) is 0 Å². The second-order valence-electron chi connectivity index (χ2n) is 7.59. The molecule has 1 aromatic carbocycles. The molecule has 0 atom stereocenters. The number of carbonyl (C=O) groups excluding carboxylic acids is 3. The highest BCUT2D eigenvalue weighted by molar-refractivity contribution is 9.10. The fraction of sp³-hybridized carbons (Fsp3) is 0.500. The van der Waals surface area contributed by atoms with Crippen molar-refractivity contribution in [3.8, 4) is 11.5 Å². The minimum absolute atomic E-state index is 0.0280. The summed E-state index contributed by atoms with van der Waals surface area (Å²) in [7, 11) is 0. The predicted octanol–water partition coefficient (Wildman–Crippen LogP) is 4.55.